The van der Waals surface area contributed by atoms with Crippen molar-refractivity contribution in [1.29, 1.82) is 0 Å². The number of anilines is 4. The van der Waals surface area contributed by atoms with Crippen molar-refractivity contribution in [3.63, 3.8) is 0 Å². The van der Waals surface area contributed by atoms with Crippen LogP contribution in [0.2, 0.25) is 0 Å². The number of hydrogen-bond donors (Lipinski definition) is 12. The number of phenols is 4. The Morgan fingerprint density at radius 1 is 0.342 bits per heavy atom. The Balaban J connectivity index is 0.000000163. The van der Waals surface area contributed by atoms with Crippen LogP contribution in [0.1, 0.15) is 216 Å². The number of carbonyl (C=O) groups excluding carboxylic acids is 2. The molecule has 784 valence electrons. The van der Waals surface area contributed by atoms with Gasteiger partial charge in [-0.2, -0.15) is 0 Å². The van der Waals surface area contributed by atoms with Crippen molar-refractivity contribution in [3.05, 3.63) is 170 Å². The number of hydrogen-bond acceptors (Lipinski definition) is 29. The number of piperidine rings is 4. The number of phenolic OH excluding ortho intramolecular Hbond substituents is 4. The average Bonchev–Trinajstić information content (AvgIpc) is 0.837. The lowest BCUT2D eigenvalue weighted by molar-refractivity contribution is -0.119. The summed E-state index contributed by atoms with van der Waals surface area (Å²) in [7, 11) is 8.33. The summed E-state index contributed by atoms with van der Waals surface area (Å²) in [5, 5.41) is 116. The lowest BCUT2D eigenvalue weighted by Gasteiger charge is -2.49. The van der Waals surface area contributed by atoms with Gasteiger partial charge in [-0.15, -0.1) is 40.8 Å². The van der Waals surface area contributed by atoms with Crippen LogP contribution < -0.4 is 76.2 Å². The highest BCUT2D eigenvalue weighted by Crippen LogP contribution is 2.44. The van der Waals surface area contributed by atoms with E-state index in [0.717, 1.165) is 142 Å². The lowest BCUT2D eigenvalue weighted by atomic mass is 9.79. The summed E-state index contributed by atoms with van der Waals surface area (Å²) < 4.78 is 28.3. The maximum Gasteiger partial charge on any atom is 0.407 e. The zero-order chi connectivity index (χ0) is 106. The summed E-state index contributed by atoms with van der Waals surface area (Å²) >= 11 is 0. The van der Waals surface area contributed by atoms with Crippen molar-refractivity contribution in [1.82, 2.24) is 72.7 Å². The summed E-state index contributed by atoms with van der Waals surface area (Å²) in [4.78, 5) is 31.6. The van der Waals surface area contributed by atoms with E-state index < -0.39 is 11.7 Å². The number of benzene rings is 8. The molecule has 31 heteroatoms. The Morgan fingerprint density at radius 3 is 0.801 bits per heavy atom. The monoisotopic (exact) mass is 2000 g/mol. The standard InChI is InChI=1S/C32H45N5O4.C29H39N5O3.C27H37N5O2.C27H36N4O3/c1-30(2,3)41-29(39)33-14-9-15-40-24-11-10-21-17-25(27(38)18-22(21)16-24)26-12-13-28(35-34-26)37(8)23-19-31(4,5)36-32(6,7)20-23;1-19(35)30-12-7-13-37-23-9-8-20-15-24(26(36)16-21(20)14-23)25-10-11-27(32-31-25)34(6)22-17-28(2,3)33-29(4,5)18-22;1-26(2)16-20(17-27(3,4)31-26)32(5)25-10-9-23(29-30-25)22-14-18-7-8-21(34-12-6-11-28)13-19(18)15-24(22)33;1-26(2)16-20(17-27(3,4)30-26)31(5)25-10-9-23(28-29-25)22-14-18-7-8-21(34-12-6-11-32)13-19(18)15-24(22)33/h10-13,16-18,23,36,38H,9,14-15,19-20H2,1-8H3,(H,33,39);8-11,14-16,22,33,36H,7,12-13,17-18H2,1-6H3,(H,30,35);7-10,13-15,20,31,33H,6,11-12,16-17,28H2,1-5H3;7-10,13-15,20,30,32-33H,6,11-12,16-17H2,1-5H3. The van der Waals surface area contributed by atoms with Crippen LogP contribution in [-0.2, 0) is 9.53 Å². The first kappa shape index (κ1) is 110. The number of aliphatic hydroxyl groups is 1. The van der Waals surface area contributed by atoms with Crippen molar-refractivity contribution < 1.29 is 58.8 Å². The van der Waals surface area contributed by atoms with Crippen molar-refractivity contribution in [3.8, 4) is 91.0 Å². The Hall–Kier alpha value is -12.8. The summed E-state index contributed by atoms with van der Waals surface area (Å²) in [5.74, 6) is 6.75. The molecule has 8 aromatic carbocycles. The van der Waals surface area contributed by atoms with E-state index in [2.05, 4.69) is 231 Å². The molecule has 0 aliphatic carbocycles. The zero-order valence-electron chi connectivity index (χ0n) is 90.2. The van der Waals surface area contributed by atoms with E-state index >= 15 is 0 Å². The highest BCUT2D eigenvalue weighted by Gasteiger charge is 2.44. The predicted octanol–water partition coefficient (Wildman–Crippen LogP) is 19.7. The van der Waals surface area contributed by atoms with Crippen LogP contribution >= 0.6 is 0 Å². The van der Waals surface area contributed by atoms with Crippen LogP contribution in [0.3, 0.4) is 0 Å². The smallest absolute Gasteiger partial charge is 0.407 e. The number of rotatable bonds is 30. The van der Waals surface area contributed by atoms with Crippen LogP contribution in [0.15, 0.2) is 170 Å². The molecule has 4 aliphatic rings. The Kier molecular flexibility index (Phi) is 34.9. The van der Waals surface area contributed by atoms with Crippen LogP contribution in [0.4, 0.5) is 28.1 Å². The third-order valence-corrected chi connectivity index (χ3v) is 27.1. The summed E-state index contributed by atoms with van der Waals surface area (Å²) in [6.07, 6.45) is 10.5. The zero-order valence-corrected chi connectivity index (χ0v) is 90.2. The molecule has 4 saturated heterocycles. The first-order valence-corrected chi connectivity index (χ1v) is 51.2. The maximum absolute atomic E-state index is 11.7. The van der Waals surface area contributed by atoms with Gasteiger partial charge in [0.15, 0.2) is 23.3 Å². The number of aromatic hydroxyl groups is 4. The van der Waals surface area contributed by atoms with Gasteiger partial charge in [0.25, 0.3) is 0 Å². The molecule has 4 aromatic heterocycles. The van der Waals surface area contributed by atoms with E-state index in [1.165, 1.54) is 6.92 Å². The fraction of sp³-hybridized carbons (Fsp3) is 0.496. The number of fused-ring (bicyclic) bond motifs is 4. The van der Waals surface area contributed by atoms with Crippen LogP contribution in [0, 0.1) is 0 Å². The minimum Gasteiger partial charge on any atom is -0.507 e. The van der Waals surface area contributed by atoms with Crippen molar-refractivity contribution in [2.45, 2.75) is 290 Å². The molecule has 0 bridgehead atoms. The molecule has 16 rings (SSSR count). The number of nitrogens with one attached hydrogen (secondary N) is 6. The lowest BCUT2D eigenvalue weighted by Crippen LogP contribution is -2.62. The van der Waals surface area contributed by atoms with Gasteiger partial charge in [0.05, 0.1) is 49.2 Å². The largest absolute Gasteiger partial charge is 0.507 e. The molecule has 2 amide bonds. The second-order valence-electron chi connectivity index (χ2n) is 46.1. The van der Waals surface area contributed by atoms with Gasteiger partial charge in [-0.3, -0.25) is 4.79 Å². The molecular weight excluding hydrogens is 1840 g/mol. The van der Waals surface area contributed by atoms with Crippen molar-refractivity contribution >= 4 is 78.4 Å². The molecule has 0 saturated carbocycles. The summed E-state index contributed by atoms with van der Waals surface area (Å²) in [6.45, 7) is 46.6. The summed E-state index contributed by atoms with van der Waals surface area (Å²) in [5.41, 5.74) is 10.5. The topological polar surface area (TPSA) is 396 Å². The van der Waals surface area contributed by atoms with Gasteiger partial charge in [0, 0.05) is 152 Å². The minimum absolute atomic E-state index is 0.0365. The molecular formula is C115H157N19O12. The fourth-order valence-electron chi connectivity index (χ4n) is 21.6. The van der Waals surface area contributed by atoms with Crippen LogP contribution in [0.5, 0.6) is 46.0 Å². The molecule has 0 unspecified atom stereocenters. The van der Waals surface area contributed by atoms with Gasteiger partial charge >= 0.3 is 6.09 Å². The van der Waals surface area contributed by atoms with Gasteiger partial charge in [0.1, 0.15) is 51.6 Å². The second kappa shape index (κ2) is 46.1. The third-order valence-electron chi connectivity index (χ3n) is 27.1. The molecule has 13 N–H and O–H groups in total. The normalized spacial score (nSPS) is 17.2. The van der Waals surface area contributed by atoms with E-state index in [1.54, 1.807) is 24.3 Å². The Morgan fingerprint density at radius 2 is 0.582 bits per heavy atom. The number of nitrogens with zero attached hydrogens (tertiary/aromatic N) is 12. The second-order valence-corrected chi connectivity index (χ2v) is 46.1. The number of amides is 2. The van der Waals surface area contributed by atoms with Crippen molar-refractivity contribution in [2.24, 2.45) is 5.73 Å². The molecule has 4 fully saturated rings. The Labute approximate surface area is 861 Å². The molecule has 0 atom stereocenters. The maximum atomic E-state index is 11.7. The number of aromatic nitrogens is 8. The fourth-order valence-corrected chi connectivity index (χ4v) is 21.6. The molecule has 0 spiro atoms. The molecule has 4 aliphatic heterocycles. The number of carbonyl (C=O) groups is 2. The van der Waals surface area contributed by atoms with Crippen LogP contribution in [-0.4, -0.2) is 233 Å². The molecule has 8 heterocycles. The first-order valence-electron chi connectivity index (χ1n) is 51.2. The van der Waals surface area contributed by atoms with Crippen molar-refractivity contribution in [2.75, 3.05) is 100 Å². The summed E-state index contributed by atoms with van der Waals surface area (Å²) in [6, 6.07) is 54.8. The SMILES string of the molecule is CC(=O)NCCCOc1ccc2cc(-c3ccc(N(C)C4CC(C)(C)NC(C)(C)C4)nn3)c(O)cc2c1.CN(c1ccc(-c2cc3ccc(OCCCN)cc3cc2O)nn1)C1CC(C)(C)NC(C)(C)C1.CN(c1ccc(-c2cc3ccc(OCCCNC(=O)OC(C)(C)C)cc3cc2O)nn1)C1CC(C)(C)NC(C)(C)C1.CN(c1ccc(-c2cc3ccc(OCCCO)cc3cc2O)nn1)C1CC(C)(C)NC(C)(C)C1. The van der Waals surface area contributed by atoms with Gasteiger partial charge in [0.2, 0.25) is 5.91 Å². The minimum atomic E-state index is -0.522. The molecule has 146 heavy (non-hydrogen) atoms. The van der Waals surface area contributed by atoms with E-state index in [0.29, 0.717) is 140 Å². The Bertz CT molecular complexity index is 6210. The molecule has 31 nitrogen and oxygen atoms in total. The molecule has 12 aromatic rings. The van der Waals surface area contributed by atoms with E-state index in [1.807, 2.05) is 166 Å². The predicted molar refractivity (Wildman–Crippen MR) is 587 cm³/mol. The van der Waals surface area contributed by atoms with Crippen LogP contribution in [0.25, 0.3) is 88.1 Å². The number of alkyl carbamates (subject to hydrolysis) is 1. The van der Waals surface area contributed by atoms with E-state index in [9.17, 15) is 30.0 Å². The quantitative estimate of drug-likeness (QED) is 0.0186. The van der Waals surface area contributed by atoms with E-state index in [4.69, 9.17) is 34.5 Å². The molecule has 0 radical (unpaired) electrons. The highest BCUT2D eigenvalue weighted by atomic mass is 16.6. The van der Waals surface area contributed by atoms with E-state index in [-0.39, 0.29) is 79.8 Å². The number of aliphatic hydroxyl groups excluding tert-OH is 1. The van der Waals surface area contributed by atoms with Gasteiger partial charge in [-0.25, -0.2) is 4.79 Å². The van der Waals surface area contributed by atoms with Gasteiger partial charge in [-0.05, 0) is 397 Å². The highest BCUT2D eigenvalue weighted by molar-refractivity contribution is 5.94. The number of nitrogens with two attached hydrogens (primary N) is 1. The van der Waals surface area contributed by atoms with Gasteiger partial charge < -0.3 is 106 Å². The third kappa shape index (κ3) is 30.5. The number of ether oxygens (including phenoxy) is 5. The average molecular weight is 2000 g/mol. The van der Waals surface area contributed by atoms with Gasteiger partial charge in [-0.1, -0.05) is 24.3 Å². The first-order chi connectivity index (χ1) is 68.7.